The number of anilines is 1. The maximum Gasteiger partial charge on any atom is 0.0364 e. The van der Waals surface area contributed by atoms with Crippen LogP contribution in [0.2, 0.25) is 0 Å². The van der Waals surface area contributed by atoms with Gasteiger partial charge in [-0.25, -0.2) is 0 Å². The third-order valence-electron chi connectivity index (χ3n) is 3.54. The molecule has 0 aliphatic rings. The fraction of sp³-hybridized carbons (Fsp3) is 0.0476. The van der Waals surface area contributed by atoms with Gasteiger partial charge in [0, 0.05) is 17.7 Å². The molecule has 1 nitrogen and oxygen atoms in total. The Hall–Kier alpha value is -2.98. The van der Waals surface area contributed by atoms with Crippen LogP contribution in [-0.4, -0.2) is 0 Å². The minimum atomic E-state index is 0.654. The first kappa shape index (κ1) is 14.0. The van der Waals surface area contributed by atoms with Crippen LogP contribution >= 0.6 is 0 Å². The Bertz CT molecular complexity index is 809. The summed E-state index contributed by atoms with van der Waals surface area (Å²) in [6.07, 6.45) is 0.654. The van der Waals surface area contributed by atoms with Gasteiger partial charge in [0.05, 0.1) is 0 Å². The van der Waals surface area contributed by atoms with Gasteiger partial charge in [0.25, 0.3) is 0 Å². The summed E-state index contributed by atoms with van der Waals surface area (Å²) in [5, 5.41) is 0. The summed E-state index contributed by atoms with van der Waals surface area (Å²) >= 11 is 0. The molecule has 0 fully saturated rings. The van der Waals surface area contributed by atoms with Gasteiger partial charge in [0.2, 0.25) is 0 Å². The van der Waals surface area contributed by atoms with Crippen molar-refractivity contribution in [2.45, 2.75) is 6.42 Å². The fourth-order valence-electron chi connectivity index (χ4n) is 2.33. The molecule has 0 aliphatic carbocycles. The zero-order chi connectivity index (χ0) is 15.2. The highest BCUT2D eigenvalue weighted by Crippen LogP contribution is 2.23. The molecule has 0 unspecified atom stereocenters. The molecule has 3 rings (SSSR count). The lowest BCUT2D eigenvalue weighted by molar-refractivity contribution is 1.32. The maximum atomic E-state index is 6.08. The summed E-state index contributed by atoms with van der Waals surface area (Å²) < 4.78 is 0. The van der Waals surface area contributed by atoms with Gasteiger partial charge in [-0.05, 0) is 41.0 Å². The van der Waals surface area contributed by atoms with Gasteiger partial charge in [0.1, 0.15) is 0 Å². The van der Waals surface area contributed by atoms with E-state index >= 15 is 0 Å². The van der Waals surface area contributed by atoms with Crippen LogP contribution in [0.5, 0.6) is 0 Å². The lowest BCUT2D eigenvalue weighted by Crippen LogP contribution is -1.94. The van der Waals surface area contributed by atoms with Crippen molar-refractivity contribution in [2.24, 2.45) is 0 Å². The van der Waals surface area contributed by atoms with Gasteiger partial charge in [-0.15, -0.1) is 0 Å². The fourth-order valence-corrected chi connectivity index (χ4v) is 2.33. The monoisotopic (exact) mass is 283 g/mol. The van der Waals surface area contributed by atoms with Gasteiger partial charge in [-0.1, -0.05) is 66.4 Å². The molecule has 106 valence electrons. The minimum Gasteiger partial charge on any atom is -0.398 e. The molecule has 0 spiro atoms. The van der Waals surface area contributed by atoms with Crippen molar-refractivity contribution in [3.63, 3.8) is 0 Å². The molecule has 0 saturated carbocycles. The van der Waals surface area contributed by atoms with Crippen LogP contribution in [-0.2, 0) is 6.42 Å². The number of hydrogen-bond acceptors (Lipinski definition) is 1. The predicted molar refractivity (Wildman–Crippen MR) is 93.3 cm³/mol. The Morgan fingerprint density at radius 3 is 2.14 bits per heavy atom. The number of benzene rings is 3. The third-order valence-corrected chi connectivity index (χ3v) is 3.54. The number of rotatable bonds is 2. The van der Waals surface area contributed by atoms with E-state index in [9.17, 15) is 0 Å². The van der Waals surface area contributed by atoms with Gasteiger partial charge >= 0.3 is 0 Å². The third kappa shape index (κ3) is 3.37. The highest BCUT2D eigenvalue weighted by Gasteiger charge is 2.02. The number of nitrogen functional groups attached to an aromatic ring is 1. The highest BCUT2D eigenvalue weighted by molar-refractivity contribution is 5.68. The van der Waals surface area contributed by atoms with Crippen LogP contribution < -0.4 is 5.73 Å². The summed E-state index contributed by atoms with van der Waals surface area (Å²) in [4.78, 5) is 0. The molecule has 2 N–H and O–H groups in total. The molecular weight excluding hydrogens is 266 g/mol. The highest BCUT2D eigenvalue weighted by atomic mass is 14.6. The van der Waals surface area contributed by atoms with Crippen LogP contribution in [0.15, 0.2) is 78.9 Å². The van der Waals surface area contributed by atoms with Crippen LogP contribution in [0.3, 0.4) is 0 Å². The van der Waals surface area contributed by atoms with E-state index in [0.717, 1.165) is 16.8 Å². The minimum absolute atomic E-state index is 0.654. The predicted octanol–water partition coefficient (Wildman–Crippen LogP) is 4.53. The van der Waals surface area contributed by atoms with E-state index in [0.29, 0.717) is 6.42 Å². The summed E-state index contributed by atoms with van der Waals surface area (Å²) in [7, 11) is 0. The zero-order valence-electron chi connectivity index (χ0n) is 12.3. The smallest absolute Gasteiger partial charge is 0.0364 e. The Morgan fingerprint density at radius 1 is 0.727 bits per heavy atom. The van der Waals surface area contributed by atoms with Crippen molar-refractivity contribution in [3.05, 3.63) is 90.0 Å². The normalized spacial score (nSPS) is 9.82. The molecule has 0 saturated heterocycles. The number of nitrogens with two attached hydrogens (primary N) is 1. The van der Waals surface area contributed by atoms with Crippen molar-refractivity contribution in [3.8, 4) is 23.0 Å². The Morgan fingerprint density at radius 2 is 1.41 bits per heavy atom. The van der Waals surface area contributed by atoms with E-state index in [-0.39, 0.29) is 0 Å². The molecule has 0 aromatic heterocycles. The molecule has 1 heteroatoms. The first-order chi connectivity index (χ1) is 10.8. The van der Waals surface area contributed by atoms with Gasteiger partial charge in [-0.2, -0.15) is 0 Å². The first-order valence-electron chi connectivity index (χ1n) is 7.31. The molecule has 0 bridgehead atoms. The van der Waals surface area contributed by atoms with Crippen LogP contribution in [0.1, 0.15) is 11.1 Å². The largest absolute Gasteiger partial charge is 0.398 e. The van der Waals surface area contributed by atoms with E-state index in [1.807, 2.05) is 54.6 Å². The van der Waals surface area contributed by atoms with Gasteiger partial charge in [0.15, 0.2) is 0 Å². The van der Waals surface area contributed by atoms with Crippen molar-refractivity contribution in [2.75, 3.05) is 5.73 Å². The van der Waals surface area contributed by atoms with E-state index in [4.69, 9.17) is 5.73 Å². The average Bonchev–Trinajstić information content (AvgIpc) is 2.58. The summed E-state index contributed by atoms with van der Waals surface area (Å²) in [5.41, 5.74) is 11.3. The summed E-state index contributed by atoms with van der Waals surface area (Å²) in [6.45, 7) is 0. The first-order valence-corrected chi connectivity index (χ1v) is 7.31. The molecular formula is C21H17N. The second-order valence-corrected chi connectivity index (χ2v) is 5.12. The average molecular weight is 283 g/mol. The second-order valence-electron chi connectivity index (χ2n) is 5.12. The molecule has 0 amide bonds. The zero-order valence-corrected chi connectivity index (χ0v) is 12.3. The summed E-state index contributed by atoms with van der Waals surface area (Å²) in [5.74, 6) is 6.38. The molecule has 0 heterocycles. The maximum absolute atomic E-state index is 6.08. The van der Waals surface area contributed by atoms with E-state index in [1.54, 1.807) is 0 Å². The van der Waals surface area contributed by atoms with Crippen molar-refractivity contribution in [1.82, 2.24) is 0 Å². The van der Waals surface area contributed by atoms with Gasteiger partial charge in [-0.3, -0.25) is 0 Å². The van der Waals surface area contributed by atoms with E-state index in [2.05, 4.69) is 36.1 Å². The number of hydrogen-bond donors (Lipinski definition) is 1. The lowest BCUT2D eigenvalue weighted by Gasteiger charge is -2.06. The molecule has 0 atom stereocenters. The topological polar surface area (TPSA) is 26.0 Å². The molecule has 3 aromatic rings. The molecule has 0 radical (unpaired) electrons. The molecule has 0 aliphatic heterocycles. The lowest BCUT2D eigenvalue weighted by atomic mass is 10.0. The summed E-state index contributed by atoms with van der Waals surface area (Å²) in [6, 6.07) is 26.5. The van der Waals surface area contributed by atoms with Crippen molar-refractivity contribution in [1.29, 1.82) is 0 Å². The van der Waals surface area contributed by atoms with Crippen LogP contribution in [0.4, 0.5) is 5.69 Å². The van der Waals surface area contributed by atoms with E-state index < -0.39 is 0 Å². The quantitative estimate of drug-likeness (QED) is 0.542. The van der Waals surface area contributed by atoms with Gasteiger partial charge < -0.3 is 5.73 Å². The Kier molecular flexibility index (Phi) is 4.22. The Labute approximate surface area is 131 Å². The molecule has 3 aromatic carbocycles. The second kappa shape index (κ2) is 6.65. The van der Waals surface area contributed by atoms with Crippen molar-refractivity contribution >= 4 is 5.69 Å². The Balaban J connectivity index is 1.84. The van der Waals surface area contributed by atoms with Crippen LogP contribution in [0.25, 0.3) is 11.1 Å². The van der Waals surface area contributed by atoms with Crippen LogP contribution in [0, 0.1) is 11.8 Å². The van der Waals surface area contributed by atoms with E-state index in [1.165, 1.54) is 11.1 Å². The molecule has 22 heavy (non-hydrogen) atoms. The standard InChI is InChI=1S/C21H17N/c22-21-15-14-19(18-11-5-2-6-12-18)16-20(21)13-7-10-17-8-3-1-4-9-17/h1-6,8-9,11-12,14-16H,13,22H2. The SMILES string of the molecule is Nc1ccc(-c2ccccc2)cc1CC#Cc1ccccc1. The van der Waals surface area contributed by atoms with Crippen molar-refractivity contribution < 1.29 is 0 Å².